The average Bonchev–Trinajstić information content (AvgIpc) is 2.36. The molecule has 0 heterocycles. The van der Waals surface area contributed by atoms with E-state index in [1.807, 2.05) is 0 Å². The van der Waals surface area contributed by atoms with E-state index in [0.717, 1.165) is 19.3 Å². The minimum atomic E-state index is -3.33. The summed E-state index contributed by atoms with van der Waals surface area (Å²) >= 11 is 0. The number of sulfone groups is 1. The Bertz CT molecular complexity index is 677. The zero-order chi connectivity index (χ0) is 16.5. The van der Waals surface area contributed by atoms with Gasteiger partial charge in [-0.15, -0.1) is 0 Å². The molecule has 0 spiro atoms. The van der Waals surface area contributed by atoms with Gasteiger partial charge >= 0.3 is 0 Å². The van der Waals surface area contributed by atoms with Crippen molar-refractivity contribution in [3.05, 3.63) is 23.8 Å². The van der Waals surface area contributed by atoms with Crippen LogP contribution in [0.25, 0.3) is 0 Å². The third-order valence-electron chi connectivity index (χ3n) is 4.35. The second-order valence-corrected chi connectivity index (χ2v) is 9.13. The number of carbonyl (C=O) groups excluding carboxylic acids is 1. The summed E-state index contributed by atoms with van der Waals surface area (Å²) in [5.74, 6) is -0.0629. The molecule has 1 fully saturated rings. The number of hydrogen-bond acceptors (Lipinski definition) is 4. The van der Waals surface area contributed by atoms with Gasteiger partial charge in [-0.25, -0.2) is 8.42 Å². The SMILES string of the molecule is CC(=O)c1ccc(S(C)(=O)=O)c(NC2CCCC(C)(C)C2)c1. The van der Waals surface area contributed by atoms with E-state index in [1.165, 1.54) is 25.7 Å². The van der Waals surface area contributed by atoms with Crippen LogP contribution in [0, 0.1) is 5.41 Å². The molecule has 1 atom stereocenters. The Labute approximate surface area is 133 Å². The fourth-order valence-electron chi connectivity index (χ4n) is 3.23. The number of carbonyl (C=O) groups is 1. The summed E-state index contributed by atoms with van der Waals surface area (Å²) < 4.78 is 24.0. The lowest BCUT2D eigenvalue weighted by molar-refractivity contribution is 0.101. The van der Waals surface area contributed by atoms with Crippen molar-refractivity contribution in [2.24, 2.45) is 5.41 Å². The fourth-order valence-corrected chi connectivity index (χ4v) is 4.06. The van der Waals surface area contributed by atoms with E-state index in [0.29, 0.717) is 11.3 Å². The molecular weight excluding hydrogens is 298 g/mol. The Morgan fingerprint density at radius 3 is 2.55 bits per heavy atom. The predicted molar refractivity (Wildman–Crippen MR) is 89.2 cm³/mol. The maximum atomic E-state index is 12.0. The van der Waals surface area contributed by atoms with E-state index in [2.05, 4.69) is 19.2 Å². The molecule has 1 aliphatic carbocycles. The zero-order valence-electron chi connectivity index (χ0n) is 13.8. The van der Waals surface area contributed by atoms with Crippen molar-refractivity contribution >= 4 is 21.3 Å². The molecular formula is C17H25NO3S. The van der Waals surface area contributed by atoms with Gasteiger partial charge in [0.1, 0.15) is 0 Å². The van der Waals surface area contributed by atoms with Gasteiger partial charge in [0.05, 0.1) is 10.6 Å². The van der Waals surface area contributed by atoms with Crippen molar-refractivity contribution in [2.45, 2.75) is 57.4 Å². The number of nitrogens with one attached hydrogen (secondary N) is 1. The minimum absolute atomic E-state index is 0.0629. The van der Waals surface area contributed by atoms with E-state index < -0.39 is 9.84 Å². The molecule has 1 aromatic carbocycles. The number of hydrogen-bond donors (Lipinski definition) is 1. The Morgan fingerprint density at radius 1 is 1.32 bits per heavy atom. The lowest BCUT2D eigenvalue weighted by Crippen LogP contribution is -2.32. The Hall–Kier alpha value is -1.36. The van der Waals surface area contributed by atoms with Gasteiger partial charge in [-0.3, -0.25) is 4.79 Å². The van der Waals surface area contributed by atoms with E-state index in [1.54, 1.807) is 12.1 Å². The van der Waals surface area contributed by atoms with Crippen molar-refractivity contribution < 1.29 is 13.2 Å². The van der Waals surface area contributed by atoms with Crippen LogP contribution >= 0.6 is 0 Å². The van der Waals surface area contributed by atoms with Gasteiger partial charge in [-0.05, 0) is 49.8 Å². The standard InChI is InChI=1S/C17H25NO3S/c1-12(19)13-7-8-16(22(4,20)21)15(10-13)18-14-6-5-9-17(2,3)11-14/h7-8,10,14,18H,5-6,9,11H2,1-4H3. The quantitative estimate of drug-likeness (QED) is 0.859. The average molecular weight is 323 g/mol. The second-order valence-electron chi connectivity index (χ2n) is 7.14. The summed E-state index contributed by atoms with van der Waals surface area (Å²) in [6.07, 6.45) is 5.55. The van der Waals surface area contributed by atoms with Crippen LogP contribution in [-0.2, 0) is 9.84 Å². The minimum Gasteiger partial charge on any atom is -0.381 e. The van der Waals surface area contributed by atoms with Gasteiger partial charge in [-0.2, -0.15) is 0 Å². The zero-order valence-corrected chi connectivity index (χ0v) is 14.6. The Morgan fingerprint density at radius 2 is 2.00 bits per heavy atom. The first-order valence-electron chi connectivity index (χ1n) is 7.70. The lowest BCUT2D eigenvalue weighted by atomic mass is 9.75. The topological polar surface area (TPSA) is 63.2 Å². The summed E-state index contributed by atoms with van der Waals surface area (Å²) in [6, 6.07) is 5.02. The van der Waals surface area contributed by atoms with Gasteiger partial charge in [0.15, 0.2) is 15.6 Å². The first kappa shape index (κ1) is 17.0. The molecule has 5 heteroatoms. The highest BCUT2D eigenvalue weighted by molar-refractivity contribution is 7.90. The van der Waals surface area contributed by atoms with E-state index in [9.17, 15) is 13.2 Å². The van der Waals surface area contributed by atoms with Crippen LogP contribution in [0.1, 0.15) is 56.8 Å². The maximum Gasteiger partial charge on any atom is 0.177 e. The second kappa shape index (κ2) is 6.03. The van der Waals surface area contributed by atoms with Crippen molar-refractivity contribution in [1.29, 1.82) is 0 Å². The molecule has 1 aromatic rings. The highest BCUT2D eigenvalue weighted by Crippen LogP contribution is 2.37. The smallest absolute Gasteiger partial charge is 0.177 e. The van der Waals surface area contributed by atoms with Crippen LogP contribution in [0.3, 0.4) is 0 Å². The summed E-state index contributed by atoms with van der Waals surface area (Å²) in [4.78, 5) is 11.8. The first-order valence-corrected chi connectivity index (χ1v) is 9.59. The van der Waals surface area contributed by atoms with Gasteiger partial charge in [-0.1, -0.05) is 20.3 Å². The molecule has 0 radical (unpaired) electrons. The van der Waals surface area contributed by atoms with Crippen molar-refractivity contribution in [2.75, 3.05) is 11.6 Å². The van der Waals surface area contributed by atoms with Crippen LogP contribution in [0.5, 0.6) is 0 Å². The molecule has 0 aromatic heterocycles. The number of anilines is 1. The molecule has 0 amide bonds. The van der Waals surface area contributed by atoms with Crippen LogP contribution in [-0.4, -0.2) is 26.5 Å². The van der Waals surface area contributed by atoms with Gasteiger partial charge in [0.25, 0.3) is 0 Å². The largest absolute Gasteiger partial charge is 0.381 e. The summed E-state index contributed by atoms with van der Waals surface area (Å²) in [5, 5.41) is 3.38. The molecule has 2 rings (SSSR count). The summed E-state index contributed by atoms with van der Waals surface area (Å²) in [5.41, 5.74) is 1.35. The molecule has 1 saturated carbocycles. The number of benzene rings is 1. The molecule has 1 N–H and O–H groups in total. The third-order valence-corrected chi connectivity index (χ3v) is 5.51. The molecule has 1 unspecified atom stereocenters. The highest BCUT2D eigenvalue weighted by atomic mass is 32.2. The third kappa shape index (κ3) is 4.09. The van der Waals surface area contributed by atoms with Crippen LogP contribution in [0.4, 0.5) is 5.69 Å². The monoisotopic (exact) mass is 323 g/mol. The summed E-state index contributed by atoms with van der Waals surface area (Å²) in [6.45, 7) is 5.97. The van der Waals surface area contributed by atoms with E-state index in [-0.39, 0.29) is 22.1 Å². The molecule has 22 heavy (non-hydrogen) atoms. The molecule has 0 aliphatic heterocycles. The molecule has 122 valence electrons. The number of ketones is 1. The summed E-state index contributed by atoms with van der Waals surface area (Å²) in [7, 11) is -3.33. The van der Waals surface area contributed by atoms with E-state index in [4.69, 9.17) is 0 Å². The van der Waals surface area contributed by atoms with Crippen LogP contribution < -0.4 is 5.32 Å². The molecule has 1 aliphatic rings. The predicted octanol–water partition coefficient (Wildman–Crippen LogP) is 3.67. The fraction of sp³-hybridized carbons (Fsp3) is 0.588. The van der Waals surface area contributed by atoms with Crippen LogP contribution in [0.2, 0.25) is 0 Å². The van der Waals surface area contributed by atoms with Crippen molar-refractivity contribution in [1.82, 2.24) is 0 Å². The Kier molecular flexibility index (Phi) is 4.66. The van der Waals surface area contributed by atoms with Crippen molar-refractivity contribution in [3.63, 3.8) is 0 Å². The normalized spacial score (nSPS) is 21.4. The first-order chi connectivity index (χ1) is 10.1. The van der Waals surface area contributed by atoms with Crippen molar-refractivity contribution in [3.8, 4) is 0 Å². The van der Waals surface area contributed by atoms with E-state index >= 15 is 0 Å². The van der Waals surface area contributed by atoms with Gasteiger partial charge in [0.2, 0.25) is 0 Å². The number of Topliss-reactive ketones (excluding diaryl/α,β-unsaturated/α-hetero) is 1. The lowest BCUT2D eigenvalue weighted by Gasteiger charge is -2.36. The Balaban J connectivity index is 2.35. The molecule has 0 bridgehead atoms. The molecule has 4 nitrogen and oxygen atoms in total. The number of rotatable bonds is 4. The van der Waals surface area contributed by atoms with Gasteiger partial charge in [0, 0.05) is 17.9 Å². The maximum absolute atomic E-state index is 12.0. The van der Waals surface area contributed by atoms with Gasteiger partial charge < -0.3 is 5.32 Å². The molecule has 0 saturated heterocycles. The highest BCUT2D eigenvalue weighted by Gasteiger charge is 2.28. The van der Waals surface area contributed by atoms with Crippen LogP contribution in [0.15, 0.2) is 23.1 Å².